The molecule has 0 saturated carbocycles. The average molecular weight is 317 g/mol. The van der Waals surface area contributed by atoms with Crippen LogP contribution in [0.1, 0.15) is 17.0 Å². The number of fused-ring (bicyclic) bond motifs is 1. The Morgan fingerprint density at radius 1 is 1.48 bits per heavy atom. The van der Waals surface area contributed by atoms with Crippen molar-refractivity contribution in [2.45, 2.75) is 25.4 Å². The molecular weight excluding hydrogens is 297 g/mol. The van der Waals surface area contributed by atoms with Crippen LogP contribution in [0.15, 0.2) is 30.6 Å². The topological polar surface area (TPSA) is 47.4 Å². The maximum atomic E-state index is 13.3. The lowest BCUT2D eigenvalue weighted by molar-refractivity contribution is -0.135. The maximum absolute atomic E-state index is 13.3. The molecule has 3 rings (SSSR count). The Morgan fingerprint density at radius 3 is 3.04 bits per heavy atom. The summed E-state index contributed by atoms with van der Waals surface area (Å²) in [5.41, 5.74) is 2.74. The molecule has 0 bridgehead atoms. The summed E-state index contributed by atoms with van der Waals surface area (Å²) in [6.45, 7) is 0.942. The zero-order valence-corrected chi connectivity index (χ0v) is 13.3. The van der Waals surface area contributed by atoms with Gasteiger partial charge in [-0.05, 0) is 17.7 Å². The van der Waals surface area contributed by atoms with Gasteiger partial charge in [0.2, 0.25) is 5.91 Å². The molecule has 1 aliphatic heterocycles. The standard InChI is InChI=1S/C17H20FN3O2/c1-20-11-19-15-9-21(14(10-23-2)8-16(15)20)17(22)7-12-4-3-5-13(18)6-12/h3-6,11,14H,7-10H2,1-2H3/t14-/m0/s1. The molecule has 0 aliphatic carbocycles. The van der Waals surface area contributed by atoms with Gasteiger partial charge in [-0.1, -0.05) is 12.1 Å². The number of aromatic nitrogens is 2. The van der Waals surface area contributed by atoms with Crippen molar-refractivity contribution in [3.05, 3.63) is 53.4 Å². The van der Waals surface area contributed by atoms with E-state index in [-0.39, 0.29) is 24.2 Å². The molecule has 0 radical (unpaired) electrons. The van der Waals surface area contributed by atoms with Crippen molar-refractivity contribution >= 4 is 5.91 Å². The molecule has 0 N–H and O–H groups in total. The number of carbonyl (C=O) groups is 1. The van der Waals surface area contributed by atoms with Gasteiger partial charge in [0.25, 0.3) is 0 Å². The first-order valence-electron chi connectivity index (χ1n) is 7.60. The van der Waals surface area contributed by atoms with Crippen molar-refractivity contribution in [1.82, 2.24) is 14.5 Å². The molecule has 2 heterocycles. The monoisotopic (exact) mass is 317 g/mol. The number of carbonyl (C=O) groups excluding carboxylic acids is 1. The van der Waals surface area contributed by atoms with Crippen molar-refractivity contribution in [2.75, 3.05) is 13.7 Å². The SMILES string of the molecule is COC[C@@H]1Cc2c(ncn2C)CN1C(=O)Cc1cccc(F)c1. The van der Waals surface area contributed by atoms with Crippen LogP contribution in [0.2, 0.25) is 0 Å². The minimum Gasteiger partial charge on any atom is -0.383 e. The highest BCUT2D eigenvalue weighted by Crippen LogP contribution is 2.23. The van der Waals surface area contributed by atoms with Crippen LogP contribution in [0.5, 0.6) is 0 Å². The number of halogens is 1. The fraction of sp³-hybridized carbons (Fsp3) is 0.412. The predicted molar refractivity (Wildman–Crippen MR) is 83.2 cm³/mol. The molecule has 122 valence electrons. The van der Waals surface area contributed by atoms with Gasteiger partial charge >= 0.3 is 0 Å². The van der Waals surface area contributed by atoms with Crippen molar-refractivity contribution in [1.29, 1.82) is 0 Å². The second kappa shape index (κ2) is 6.50. The molecule has 23 heavy (non-hydrogen) atoms. The summed E-state index contributed by atoms with van der Waals surface area (Å²) in [7, 11) is 3.59. The van der Waals surface area contributed by atoms with Gasteiger partial charge in [-0.2, -0.15) is 0 Å². The summed E-state index contributed by atoms with van der Waals surface area (Å²) in [5.74, 6) is -0.358. The Hall–Kier alpha value is -2.21. The molecular formula is C17H20FN3O2. The molecule has 1 aromatic carbocycles. The number of benzene rings is 1. The molecule has 1 aliphatic rings. The number of ether oxygens (including phenoxy) is 1. The van der Waals surface area contributed by atoms with Crippen molar-refractivity contribution in [3.8, 4) is 0 Å². The van der Waals surface area contributed by atoms with E-state index in [1.165, 1.54) is 12.1 Å². The smallest absolute Gasteiger partial charge is 0.227 e. The van der Waals surface area contributed by atoms with Gasteiger partial charge in [-0.3, -0.25) is 4.79 Å². The molecule has 0 unspecified atom stereocenters. The molecule has 6 heteroatoms. The third-order valence-corrected chi connectivity index (χ3v) is 4.26. The molecule has 1 atom stereocenters. The summed E-state index contributed by atoms with van der Waals surface area (Å²) in [5, 5.41) is 0. The Labute approximate surface area is 134 Å². The largest absolute Gasteiger partial charge is 0.383 e. The summed E-state index contributed by atoms with van der Waals surface area (Å²) >= 11 is 0. The molecule has 1 amide bonds. The summed E-state index contributed by atoms with van der Waals surface area (Å²) < 4.78 is 20.6. The van der Waals surface area contributed by atoms with E-state index in [1.807, 2.05) is 11.6 Å². The maximum Gasteiger partial charge on any atom is 0.227 e. The van der Waals surface area contributed by atoms with Crippen molar-refractivity contribution in [2.24, 2.45) is 7.05 Å². The molecule has 0 spiro atoms. The van der Waals surface area contributed by atoms with E-state index in [0.717, 1.165) is 11.4 Å². The molecule has 5 nitrogen and oxygen atoms in total. The van der Waals surface area contributed by atoms with Crippen LogP contribution >= 0.6 is 0 Å². The lowest BCUT2D eigenvalue weighted by atomic mass is 10.0. The fourth-order valence-electron chi connectivity index (χ4n) is 3.08. The summed E-state index contributed by atoms with van der Waals surface area (Å²) in [6, 6.07) is 6.14. The number of nitrogens with zero attached hydrogens (tertiary/aromatic N) is 3. The molecule has 1 aromatic heterocycles. The highest BCUT2D eigenvalue weighted by molar-refractivity contribution is 5.79. The lowest BCUT2D eigenvalue weighted by Crippen LogP contribution is -2.47. The number of rotatable bonds is 4. The van der Waals surface area contributed by atoms with Crippen LogP contribution in [0.3, 0.4) is 0 Å². The van der Waals surface area contributed by atoms with Gasteiger partial charge in [-0.15, -0.1) is 0 Å². The van der Waals surface area contributed by atoms with Crippen LogP contribution in [0.4, 0.5) is 4.39 Å². The number of methoxy groups -OCH3 is 1. The summed E-state index contributed by atoms with van der Waals surface area (Å²) in [4.78, 5) is 18.9. The fourth-order valence-corrected chi connectivity index (χ4v) is 3.08. The average Bonchev–Trinajstić information content (AvgIpc) is 2.88. The van der Waals surface area contributed by atoms with E-state index in [4.69, 9.17) is 4.74 Å². The quantitative estimate of drug-likeness (QED) is 0.862. The van der Waals surface area contributed by atoms with E-state index in [2.05, 4.69) is 4.98 Å². The first kappa shape index (κ1) is 15.7. The molecule has 0 saturated heterocycles. The van der Waals surface area contributed by atoms with Crippen LogP contribution in [0.25, 0.3) is 0 Å². The van der Waals surface area contributed by atoms with Gasteiger partial charge in [0, 0.05) is 26.3 Å². The number of aryl methyl sites for hydroxylation is 1. The predicted octanol–water partition coefficient (Wildman–Crippen LogP) is 1.70. The number of amides is 1. The third-order valence-electron chi connectivity index (χ3n) is 4.26. The van der Waals surface area contributed by atoms with Crippen LogP contribution in [-0.2, 0) is 36.0 Å². The van der Waals surface area contributed by atoms with Crippen molar-refractivity contribution in [3.63, 3.8) is 0 Å². The third kappa shape index (κ3) is 3.27. The second-order valence-corrected chi connectivity index (χ2v) is 5.89. The van der Waals surface area contributed by atoms with E-state index >= 15 is 0 Å². The van der Waals surface area contributed by atoms with Gasteiger partial charge in [0.05, 0.1) is 37.6 Å². The first-order chi connectivity index (χ1) is 11.1. The van der Waals surface area contributed by atoms with E-state index in [0.29, 0.717) is 25.1 Å². The minimum absolute atomic E-state index is 0.0241. The van der Waals surface area contributed by atoms with E-state index in [9.17, 15) is 9.18 Å². The number of hydrogen-bond acceptors (Lipinski definition) is 3. The van der Waals surface area contributed by atoms with Crippen LogP contribution < -0.4 is 0 Å². The molecule has 0 fully saturated rings. The van der Waals surface area contributed by atoms with Gasteiger partial charge in [0.15, 0.2) is 0 Å². The van der Waals surface area contributed by atoms with E-state index < -0.39 is 0 Å². The van der Waals surface area contributed by atoms with Crippen LogP contribution in [0, 0.1) is 5.82 Å². The lowest BCUT2D eigenvalue weighted by Gasteiger charge is -2.35. The number of imidazole rings is 1. The number of hydrogen-bond donors (Lipinski definition) is 0. The Kier molecular flexibility index (Phi) is 4.43. The zero-order valence-electron chi connectivity index (χ0n) is 13.3. The normalized spacial score (nSPS) is 17.2. The second-order valence-electron chi connectivity index (χ2n) is 5.89. The highest BCUT2D eigenvalue weighted by atomic mass is 19.1. The Bertz CT molecular complexity index is 714. The molecule has 2 aromatic rings. The van der Waals surface area contributed by atoms with Crippen LogP contribution in [-0.4, -0.2) is 40.1 Å². The van der Waals surface area contributed by atoms with E-state index in [1.54, 1.807) is 30.5 Å². The zero-order chi connectivity index (χ0) is 16.4. The highest BCUT2D eigenvalue weighted by Gasteiger charge is 2.31. The Morgan fingerprint density at radius 2 is 2.30 bits per heavy atom. The van der Waals surface area contributed by atoms with Gasteiger partial charge in [-0.25, -0.2) is 9.37 Å². The Balaban J connectivity index is 1.80. The summed E-state index contributed by atoms with van der Waals surface area (Å²) in [6.07, 6.45) is 2.67. The van der Waals surface area contributed by atoms with Gasteiger partial charge < -0.3 is 14.2 Å². The van der Waals surface area contributed by atoms with Gasteiger partial charge in [0.1, 0.15) is 5.82 Å². The minimum atomic E-state index is -0.325. The first-order valence-corrected chi connectivity index (χ1v) is 7.60. The van der Waals surface area contributed by atoms with Crippen molar-refractivity contribution < 1.29 is 13.9 Å².